The Morgan fingerprint density at radius 2 is 1.81 bits per heavy atom. The summed E-state index contributed by atoms with van der Waals surface area (Å²) < 4.78 is 31.8. The predicted molar refractivity (Wildman–Crippen MR) is 99.9 cm³/mol. The van der Waals surface area contributed by atoms with Gasteiger partial charge in [-0.15, -0.1) is 0 Å². The summed E-state index contributed by atoms with van der Waals surface area (Å²) in [5.74, 6) is -0.708. The van der Waals surface area contributed by atoms with E-state index < -0.39 is 27.9 Å². The third-order valence-electron chi connectivity index (χ3n) is 4.41. The quantitative estimate of drug-likeness (QED) is 0.849. The van der Waals surface area contributed by atoms with Gasteiger partial charge in [0, 0.05) is 6.42 Å². The number of para-hydroxylation sites is 2. The van der Waals surface area contributed by atoms with Crippen molar-refractivity contribution in [2.75, 3.05) is 12.4 Å². The molecule has 1 heterocycles. The van der Waals surface area contributed by atoms with Crippen molar-refractivity contribution in [3.05, 3.63) is 54.1 Å². The maximum atomic E-state index is 12.9. The minimum atomic E-state index is -4.12. The van der Waals surface area contributed by atoms with Gasteiger partial charge in [0.1, 0.15) is 11.8 Å². The first-order valence-corrected chi connectivity index (χ1v) is 9.86. The van der Waals surface area contributed by atoms with Gasteiger partial charge in [0.05, 0.1) is 17.7 Å². The highest BCUT2D eigenvalue weighted by molar-refractivity contribution is 7.89. The number of nitrogens with zero attached hydrogens (tertiary/aromatic N) is 1. The van der Waals surface area contributed by atoms with E-state index in [0.29, 0.717) is 15.7 Å². The zero-order valence-electron chi connectivity index (χ0n) is 15.0. The van der Waals surface area contributed by atoms with Crippen molar-refractivity contribution in [2.45, 2.75) is 30.7 Å². The lowest BCUT2D eigenvalue weighted by atomic mass is 10.2. The highest BCUT2D eigenvalue weighted by Gasteiger charge is 2.44. The Bertz CT molecular complexity index is 970. The van der Waals surface area contributed by atoms with Gasteiger partial charge in [-0.1, -0.05) is 29.8 Å². The zero-order chi connectivity index (χ0) is 19.6. The number of hydrogen-bond acceptors (Lipinski definition) is 5. The number of benzene rings is 2. The summed E-state index contributed by atoms with van der Waals surface area (Å²) in [7, 11) is -2.64. The molecular formula is C19H20N2O5S. The molecule has 1 fully saturated rings. The van der Waals surface area contributed by atoms with Crippen LogP contribution in [0.4, 0.5) is 5.69 Å². The Morgan fingerprint density at radius 1 is 1.15 bits per heavy atom. The topological polar surface area (TPSA) is 92.8 Å². The van der Waals surface area contributed by atoms with Gasteiger partial charge in [-0.05, 0) is 37.6 Å². The maximum Gasteiger partial charge on any atom is 0.267 e. The number of sulfonamides is 1. The second-order valence-corrected chi connectivity index (χ2v) is 8.07. The SMILES string of the molecule is COc1ccccc1NC(=O)C1CCC(=O)N1S(=O)(=O)c1ccc(C)cc1. The van der Waals surface area contributed by atoms with E-state index in [2.05, 4.69) is 5.32 Å². The summed E-state index contributed by atoms with van der Waals surface area (Å²) >= 11 is 0. The molecule has 1 aliphatic heterocycles. The van der Waals surface area contributed by atoms with E-state index in [1.165, 1.54) is 19.2 Å². The minimum absolute atomic E-state index is 0.00486. The average Bonchev–Trinajstić information content (AvgIpc) is 3.05. The monoisotopic (exact) mass is 388 g/mol. The standard InChI is InChI=1S/C19H20N2O5S/c1-13-7-9-14(10-8-13)27(24,25)21-16(11-12-18(21)22)19(23)20-15-5-3-4-6-17(15)26-2/h3-10,16H,11-12H2,1-2H3,(H,20,23). The van der Waals surface area contributed by atoms with E-state index in [0.717, 1.165) is 5.56 Å². The lowest BCUT2D eigenvalue weighted by Gasteiger charge is -2.24. The molecule has 1 aliphatic rings. The number of rotatable bonds is 5. The summed E-state index contributed by atoms with van der Waals surface area (Å²) in [6.07, 6.45) is 0.125. The summed E-state index contributed by atoms with van der Waals surface area (Å²) in [5.41, 5.74) is 1.31. The summed E-state index contributed by atoms with van der Waals surface area (Å²) in [6.45, 7) is 1.83. The average molecular weight is 388 g/mol. The van der Waals surface area contributed by atoms with E-state index in [4.69, 9.17) is 4.74 Å². The number of hydrogen-bond donors (Lipinski definition) is 1. The first-order valence-electron chi connectivity index (χ1n) is 8.42. The number of amides is 2. The molecule has 0 aromatic heterocycles. The number of ether oxygens (including phenoxy) is 1. The van der Waals surface area contributed by atoms with E-state index >= 15 is 0 Å². The fraction of sp³-hybridized carbons (Fsp3) is 0.263. The molecule has 2 aromatic carbocycles. The van der Waals surface area contributed by atoms with Gasteiger partial charge >= 0.3 is 0 Å². The normalized spacial score (nSPS) is 17.0. The smallest absolute Gasteiger partial charge is 0.267 e. The highest BCUT2D eigenvalue weighted by Crippen LogP contribution is 2.30. The first kappa shape index (κ1) is 18.9. The Balaban J connectivity index is 1.89. The first-order chi connectivity index (χ1) is 12.8. The number of carbonyl (C=O) groups excluding carboxylic acids is 2. The van der Waals surface area contributed by atoms with Crippen molar-refractivity contribution in [1.82, 2.24) is 4.31 Å². The van der Waals surface area contributed by atoms with Crippen molar-refractivity contribution in [3.63, 3.8) is 0 Å². The molecule has 27 heavy (non-hydrogen) atoms. The van der Waals surface area contributed by atoms with Crippen LogP contribution in [-0.2, 0) is 19.6 Å². The van der Waals surface area contributed by atoms with Crippen LogP contribution in [0.25, 0.3) is 0 Å². The molecule has 1 atom stereocenters. The van der Waals surface area contributed by atoms with E-state index in [-0.39, 0.29) is 17.7 Å². The van der Waals surface area contributed by atoms with Crippen LogP contribution in [-0.4, -0.2) is 37.7 Å². The molecule has 0 aliphatic carbocycles. The van der Waals surface area contributed by atoms with Gasteiger partial charge in [0.25, 0.3) is 10.0 Å². The fourth-order valence-electron chi connectivity index (χ4n) is 2.99. The van der Waals surface area contributed by atoms with Crippen molar-refractivity contribution in [2.24, 2.45) is 0 Å². The molecule has 2 aromatic rings. The van der Waals surface area contributed by atoms with Crippen LogP contribution >= 0.6 is 0 Å². The number of aryl methyl sites for hydroxylation is 1. The van der Waals surface area contributed by atoms with Gasteiger partial charge in [-0.3, -0.25) is 9.59 Å². The van der Waals surface area contributed by atoms with Gasteiger partial charge in [-0.2, -0.15) is 0 Å². The van der Waals surface area contributed by atoms with Crippen LogP contribution in [0.15, 0.2) is 53.4 Å². The van der Waals surface area contributed by atoms with Crippen molar-refractivity contribution in [1.29, 1.82) is 0 Å². The van der Waals surface area contributed by atoms with Crippen LogP contribution in [0.3, 0.4) is 0 Å². The lowest BCUT2D eigenvalue weighted by Crippen LogP contribution is -2.45. The van der Waals surface area contributed by atoms with Gasteiger partial charge in [-0.25, -0.2) is 12.7 Å². The Kier molecular flexibility index (Phi) is 5.18. The number of carbonyl (C=O) groups is 2. The van der Waals surface area contributed by atoms with E-state index in [1.807, 2.05) is 6.92 Å². The molecule has 2 amide bonds. The molecule has 0 saturated carbocycles. The van der Waals surface area contributed by atoms with Crippen LogP contribution in [0.2, 0.25) is 0 Å². The van der Waals surface area contributed by atoms with Gasteiger partial charge in [0.2, 0.25) is 11.8 Å². The number of methoxy groups -OCH3 is 1. The van der Waals surface area contributed by atoms with Crippen LogP contribution < -0.4 is 10.1 Å². The minimum Gasteiger partial charge on any atom is -0.495 e. The number of nitrogens with one attached hydrogen (secondary N) is 1. The summed E-state index contributed by atoms with van der Waals surface area (Å²) in [4.78, 5) is 25.0. The molecule has 1 saturated heterocycles. The van der Waals surface area contributed by atoms with Crippen LogP contribution in [0.1, 0.15) is 18.4 Å². The Morgan fingerprint density at radius 3 is 2.48 bits per heavy atom. The molecule has 0 radical (unpaired) electrons. The van der Waals surface area contributed by atoms with Crippen molar-refractivity contribution in [3.8, 4) is 5.75 Å². The molecule has 7 nitrogen and oxygen atoms in total. The zero-order valence-corrected chi connectivity index (χ0v) is 15.8. The van der Waals surface area contributed by atoms with Gasteiger partial charge < -0.3 is 10.1 Å². The fourth-order valence-corrected chi connectivity index (χ4v) is 4.59. The molecule has 8 heteroatoms. The van der Waals surface area contributed by atoms with Gasteiger partial charge in [0.15, 0.2) is 0 Å². The number of anilines is 1. The second kappa shape index (κ2) is 7.40. The predicted octanol–water partition coefficient (Wildman–Crippen LogP) is 2.32. The highest BCUT2D eigenvalue weighted by atomic mass is 32.2. The molecule has 1 N–H and O–H groups in total. The maximum absolute atomic E-state index is 12.9. The summed E-state index contributed by atoms with van der Waals surface area (Å²) in [6, 6.07) is 11.9. The van der Waals surface area contributed by atoms with E-state index in [9.17, 15) is 18.0 Å². The molecule has 1 unspecified atom stereocenters. The summed E-state index contributed by atoms with van der Waals surface area (Å²) in [5, 5.41) is 2.66. The van der Waals surface area contributed by atoms with Crippen LogP contribution in [0.5, 0.6) is 5.75 Å². The molecule has 0 bridgehead atoms. The van der Waals surface area contributed by atoms with E-state index in [1.54, 1.807) is 36.4 Å². The Hall–Kier alpha value is -2.87. The largest absolute Gasteiger partial charge is 0.495 e. The van der Waals surface area contributed by atoms with Crippen molar-refractivity contribution >= 4 is 27.5 Å². The molecular weight excluding hydrogens is 368 g/mol. The molecule has 3 rings (SSSR count). The molecule has 142 valence electrons. The second-order valence-electron chi connectivity index (χ2n) is 6.25. The van der Waals surface area contributed by atoms with Crippen molar-refractivity contribution < 1.29 is 22.7 Å². The lowest BCUT2D eigenvalue weighted by molar-refractivity contribution is -0.128. The Labute approximate surface area is 158 Å². The van der Waals surface area contributed by atoms with Crippen LogP contribution in [0, 0.1) is 6.92 Å². The third kappa shape index (κ3) is 3.66. The third-order valence-corrected chi connectivity index (χ3v) is 6.25. The molecule has 0 spiro atoms.